The van der Waals surface area contributed by atoms with Gasteiger partial charge in [0, 0.05) is 27.1 Å². The number of ether oxygens (including phenoxy) is 1. The van der Waals surface area contributed by atoms with Gasteiger partial charge in [-0.25, -0.2) is 9.78 Å². The number of aromatic nitrogens is 1. The lowest BCUT2D eigenvalue weighted by Crippen LogP contribution is -2.05. The molecule has 0 unspecified atom stereocenters. The van der Waals surface area contributed by atoms with E-state index >= 15 is 0 Å². The van der Waals surface area contributed by atoms with Gasteiger partial charge in [0.25, 0.3) is 0 Å². The highest BCUT2D eigenvalue weighted by Gasteiger charge is 2.09. The minimum atomic E-state index is -0.328. The minimum Gasteiger partial charge on any atom is -0.462 e. The van der Waals surface area contributed by atoms with Crippen molar-refractivity contribution in [3.63, 3.8) is 0 Å². The molecule has 3 aromatic rings. The zero-order chi connectivity index (χ0) is 17.1. The number of benzene rings is 2. The van der Waals surface area contributed by atoms with Gasteiger partial charge in [-0.3, -0.25) is 0 Å². The van der Waals surface area contributed by atoms with Gasteiger partial charge in [-0.2, -0.15) is 0 Å². The maximum atomic E-state index is 11.9. The van der Waals surface area contributed by atoms with E-state index in [0.29, 0.717) is 12.2 Å². The summed E-state index contributed by atoms with van der Waals surface area (Å²) in [6.45, 7) is 4.19. The highest BCUT2D eigenvalue weighted by Crippen LogP contribution is 2.31. The summed E-state index contributed by atoms with van der Waals surface area (Å²) in [6.07, 6.45) is 1.76. The number of esters is 1. The Balaban J connectivity index is 1.99. The summed E-state index contributed by atoms with van der Waals surface area (Å²) in [5.41, 5.74) is 2.45. The average Bonchev–Trinajstić information content (AvgIpc) is 2.56. The number of fused-ring (bicyclic) bond motifs is 1. The van der Waals surface area contributed by atoms with Crippen molar-refractivity contribution in [3.05, 3.63) is 64.3 Å². The van der Waals surface area contributed by atoms with Crippen molar-refractivity contribution < 1.29 is 9.53 Å². The molecule has 24 heavy (non-hydrogen) atoms. The lowest BCUT2D eigenvalue weighted by molar-refractivity contribution is 0.0526. The molecule has 0 saturated carbocycles. The van der Waals surface area contributed by atoms with Gasteiger partial charge in [0.05, 0.1) is 12.2 Å². The van der Waals surface area contributed by atoms with Gasteiger partial charge in [0.2, 0.25) is 0 Å². The van der Waals surface area contributed by atoms with E-state index in [1.54, 1.807) is 25.3 Å². The van der Waals surface area contributed by atoms with Crippen molar-refractivity contribution in [2.75, 3.05) is 11.9 Å². The molecule has 0 aliphatic rings. The van der Waals surface area contributed by atoms with Crippen LogP contribution >= 0.6 is 15.9 Å². The predicted molar refractivity (Wildman–Crippen MR) is 99.9 cm³/mol. The molecule has 0 fully saturated rings. The maximum absolute atomic E-state index is 11.9. The summed E-state index contributed by atoms with van der Waals surface area (Å²) < 4.78 is 6.08. The second kappa shape index (κ2) is 7.01. The van der Waals surface area contributed by atoms with Crippen LogP contribution in [0.1, 0.15) is 22.8 Å². The van der Waals surface area contributed by atoms with E-state index < -0.39 is 0 Å². The Bertz CT molecular complexity index is 909. The number of carbonyl (C=O) groups is 1. The van der Waals surface area contributed by atoms with Gasteiger partial charge in [-0.1, -0.05) is 22.0 Å². The third-order valence-electron chi connectivity index (χ3n) is 3.61. The van der Waals surface area contributed by atoms with E-state index in [1.165, 1.54) is 0 Å². The normalized spacial score (nSPS) is 10.6. The Morgan fingerprint density at radius 1 is 1.21 bits per heavy atom. The highest BCUT2D eigenvalue weighted by atomic mass is 79.9. The first-order valence-electron chi connectivity index (χ1n) is 7.67. The van der Waals surface area contributed by atoms with Gasteiger partial charge >= 0.3 is 5.97 Å². The summed E-state index contributed by atoms with van der Waals surface area (Å²) >= 11 is 3.60. The monoisotopic (exact) mass is 384 g/mol. The molecule has 1 N–H and O–H groups in total. The lowest BCUT2D eigenvalue weighted by Gasteiger charge is -2.11. The summed E-state index contributed by atoms with van der Waals surface area (Å²) in [5.74, 6) is 0.420. The van der Waals surface area contributed by atoms with Gasteiger partial charge in [0.1, 0.15) is 5.82 Å². The molecular formula is C19H17BrN2O2. The van der Waals surface area contributed by atoms with E-state index in [2.05, 4.69) is 38.4 Å². The van der Waals surface area contributed by atoms with E-state index in [1.807, 2.05) is 25.1 Å². The SMILES string of the molecule is CCOC(=O)c1cccc(Nc2nccc3c(Br)cc(C)cc23)c1. The minimum absolute atomic E-state index is 0.328. The summed E-state index contributed by atoms with van der Waals surface area (Å²) in [6, 6.07) is 13.4. The fourth-order valence-electron chi connectivity index (χ4n) is 2.55. The topological polar surface area (TPSA) is 51.2 Å². The number of anilines is 2. The molecule has 0 aliphatic carbocycles. The molecule has 0 bridgehead atoms. The Hall–Kier alpha value is -2.40. The van der Waals surface area contributed by atoms with Crippen molar-refractivity contribution in [1.29, 1.82) is 0 Å². The van der Waals surface area contributed by atoms with Crippen LogP contribution in [0.5, 0.6) is 0 Å². The average molecular weight is 385 g/mol. The number of nitrogens with zero attached hydrogens (tertiary/aromatic N) is 1. The van der Waals surface area contributed by atoms with Crippen molar-refractivity contribution in [2.45, 2.75) is 13.8 Å². The zero-order valence-corrected chi connectivity index (χ0v) is 15.1. The van der Waals surface area contributed by atoms with Gasteiger partial charge in [-0.15, -0.1) is 0 Å². The van der Waals surface area contributed by atoms with Crippen LogP contribution in [-0.4, -0.2) is 17.6 Å². The smallest absolute Gasteiger partial charge is 0.338 e. The first-order valence-corrected chi connectivity index (χ1v) is 8.47. The largest absolute Gasteiger partial charge is 0.462 e. The van der Waals surface area contributed by atoms with Crippen molar-refractivity contribution >= 4 is 44.2 Å². The van der Waals surface area contributed by atoms with Crippen molar-refractivity contribution in [1.82, 2.24) is 4.98 Å². The standard InChI is InChI=1S/C19H17BrN2O2/c1-3-24-19(23)13-5-4-6-14(11-13)22-18-16-9-12(2)10-17(20)15(16)7-8-21-18/h4-11H,3H2,1-2H3,(H,21,22). The fraction of sp³-hybridized carbons (Fsp3) is 0.158. The van der Waals surface area contributed by atoms with Crippen LogP contribution in [0, 0.1) is 6.92 Å². The number of hydrogen-bond donors (Lipinski definition) is 1. The molecule has 1 aromatic heterocycles. The summed E-state index contributed by atoms with van der Waals surface area (Å²) in [5, 5.41) is 5.40. The van der Waals surface area contributed by atoms with Crippen molar-refractivity contribution in [2.24, 2.45) is 0 Å². The molecule has 0 saturated heterocycles. The van der Waals surface area contributed by atoms with E-state index in [-0.39, 0.29) is 5.97 Å². The first-order chi connectivity index (χ1) is 11.6. The molecule has 1 heterocycles. The molecule has 4 nitrogen and oxygen atoms in total. The van der Waals surface area contributed by atoms with Gasteiger partial charge in [-0.05, 0) is 55.8 Å². The Labute approximate surface area is 149 Å². The number of pyridine rings is 1. The molecule has 0 spiro atoms. The zero-order valence-electron chi connectivity index (χ0n) is 13.5. The summed E-state index contributed by atoms with van der Waals surface area (Å²) in [4.78, 5) is 16.3. The second-order valence-electron chi connectivity index (χ2n) is 5.43. The van der Waals surface area contributed by atoms with Crippen LogP contribution in [0.15, 0.2) is 53.1 Å². The van der Waals surface area contributed by atoms with Gasteiger partial charge in [0.15, 0.2) is 0 Å². The van der Waals surface area contributed by atoms with Crippen LogP contribution in [0.4, 0.5) is 11.5 Å². The van der Waals surface area contributed by atoms with E-state index in [9.17, 15) is 4.79 Å². The second-order valence-corrected chi connectivity index (χ2v) is 6.28. The Kier molecular flexibility index (Phi) is 4.81. The maximum Gasteiger partial charge on any atom is 0.338 e. The molecule has 5 heteroatoms. The molecule has 0 atom stereocenters. The number of nitrogens with one attached hydrogen (secondary N) is 1. The van der Waals surface area contributed by atoms with Crippen LogP contribution in [-0.2, 0) is 4.74 Å². The molecule has 0 aliphatic heterocycles. The molecule has 3 rings (SSSR count). The number of halogens is 1. The molecule has 0 radical (unpaired) electrons. The number of aryl methyl sites for hydroxylation is 1. The fourth-order valence-corrected chi connectivity index (χ4v) is 3.26. The number of hydrogen-bond acceptors (Lipinski definition) is 4. The quantitative estimate of drug-likeness (QED) is 0.625. The lowest BCUT2D eigenvalue weighted by atomic mass is 10.1. The van der Waals surface area contributed by atoms with Crippen LogP contribution in [0.25, 0.3) is 10.8 Å². The number of rotatable bonds is 4. The summed E-state index contributed by atoms with van der Waals surface area (Å²) in [7, 11) is 0. The Morgan fingerprint density at radius 3 is 2.83 bits per heavy atom. The Morgan fingerprint density at radius 2 is 2.04 bits per heavy atom. The first kappa shape index (κ1) is 16.5. The predicted octanol–water partition coefficient (Wildman–Crippen LogP) is 5.23. The van der Waals surface area contributed by atoms with E-state index in [4.69, 9.17) is 4.74 Å². The van der Waals surface area contributed by atoms with E-state index in [0.717, 1.165) is 32.3 Å². The van der Waals surface area contributed by atoms with Crippen LogP contribution in [0.2, 0.25) is 0 Å². The molecule has 2 aromatic carbocycles. The molecular weight excluding hydrogens is 368 g/mol. The van der Waals surface area contributed by atoms with Crippen molar-refractivity contribution in [3.8, 4) is 0 Å². The third kappa shape index (κ3) is 3.41. The number of carbonyl (C=O) groups excluding carboxylic acids is 1. The van der Waals surface area contributed by atoms with Gasteiger partial charge < -0.3 is 10.1 Å². The molecule has 122 valence electrons. The third-order valence-corrected chi connectivity index (χ3v) is 4.27. The van der Waals surface area contributed by atoms with Crippen LogP contribution < -0.4 is 5.32 Å². The highest BCUT2D eigenvalue weighted by molar-refractivity contribution is 9.10. The van der Waals surface area contributed by atoms with Crippen LogP contribution in [0.3, 0.4) is 0 Å². The molecule has 0 amide bonds.